The van der Waals surface area contributed by atoms with Crippen LogP contribution in [0.1, 0.15) is 20.8 Å². The van der Waals surface area contributed by atoms with Gasteiger partial charge in [-0.15, -0.1) is 0 Å². The molecule has 1 rings (SSSR count). The molecule has 24 heavy (non-hydrogen) atoms. The minimum absolute atomic E-state index is 0.0291. The third-order valence-electron chi connectivity index (χ3n) is 2.37. The first-order chi connectivity index (χ1) is 11.1. The summed E-state index contributed by atoms with van der Waals surface area (Å²) in [5.74, 6) is -1.71. The highest BCUT2D eigenvalue weighted by Crippen LogP contribution is 2.21. The molecule has 5 N–H and O–H groups in total. The van der Waals surface area contributed by atoms with Crippen LogP contribution in [0.4, 0.5) is 14.9 Å². The molecule has 0 radical (unpaired) electrons. The average Bonchev–Trinajstić information content (AvgIpc) is 2.45. The molecule has 1 atom stereocenters. The van der Waals surface area contributed by atoms with E-state index in [4.69, 9.17) is 25.4 Å². The highest BCUT2D eigenvalue weighted by Gasteiger charge is 2.24. The number of hydrogen-bond donors (Lipinski definition) is 4. The number of aliphatic carboxylic acids is 1. The van der Waals surface area contributed by atoms with Gasteiger partial charge in [-0.3, -0.25) is 0 Å². The molecule has 1 amide bonds. The number of rotatable bonds is 5. The first kappa shape index (κ1) is 21.4. The standard InChI is InChI=1S/C14H19FN2O5.CH4O/c1-14(2,3)22-13(20)17-10(12(18)19)7-21-11-5-4-8(15)6-9(11)16;1-2/h4-6,10H,7,16H2,1-3H3,(H,17,20)(H,18,19);2H,1H3/t10-;/m0./s1. The van der Waals surface area contributed by atoms with Crippen LogP contribution in [-0.4, -0.2) is 47.6 Å². The summed E-state index contributed by atoms with van der Waals surface area (Å²) in [4.78, 5) is 22.7. The van der Waals surface area contributed by atoms with Crippen molar-refractivity contribution in [1.29, 1.82) is 0 Å². The van der Waals surface area contributed by atoms with E-state index in [9.17, 15) is 14.0 Å². The van der Waals surface area contributed by atoms with Gasteiger partial charge >= 0.3 is 12.1 Å². The SMILES string of the molecule is CC(C)(C)OC(=O)N[C@@H](COc1ccc(F)cc1N)C(=O)O.CO. The maximum Gasteiger partial charge on any atom is 0.408 e. The highest BCUT2D eigenvalue weighted by atomic mass is 19.1. The van der Waals surface area contributed by atoms with Gasteiger partial charge in [0.25, 0.3) is 0 Å². The van der Waals surface area contributed by atoms with Crippen molar-refractivity contribution in [3.8, 4) is 5.75 Å². The van der Waals surface area contributed by atoms with Crippen molar-refractivity contribution < 1.29 is 33.7 Å². The summed E-state index contributed by atoms with van der Waals surface area (Å²) in [6, 6.07) is 2.12. The van der Waals surface area contributed by atoms with Gasteiger partial charge < -0.3 is 30.7 Å². The van der Waals surface area contributed by atoms with Gasteiger partial charge in [-0.2, -0.15) is 0 Å². The molecule has 0 saturated carbocycles. The summed E-state index contributed by atoms with van der Waals surface area (Å²) < 4.78 is 23.1. The summed E-state index contributed by atoms with van der Waals surface area (Å²) >= 11 is 0. The van der Waals surface area contributed by atoms with Crippen molar-refractivity contribution in [3.05, 3.63) is 24.0 Å². The molecule has 9 heteroatoms. The van der Waals surface area contributed by atoms with E-state index < -0.39 is 29.5 Å². The van der Waals surface area contributed by atoms with Crippen molar-refractivity contribution in [1.82, 2.24) is 5.32 Å². The number of carboxylic acids is 1. The van der Waals surface area contributed by atoms with Crippen LogP contribution in [0.25, 0.3) is 0 Å². The topological polar surface area (TPSA) is 131 Å². The van der Waals surface area contributed by atoms with Crippen LogP contribution < -0.4 is 15.8 Å². The number of halogens is 1. The maximum atomic E-state index is 12.9. The van der Waals surface area contributed by atoms with Gasteiger partial charge in [0, 0.05) is 13.2 Å². The molecule has 0 unspecified atom stereocenters. The van der Waals surface area contributed by atoms with E-state index >= 15 is 0 Å². The Morgan fingerprint density at radius 1 is 1.33 bits per heavy atom. The Balaban J connectivity index is 0.00000254. The third kappa shape index (κ3) is 8.18. The van der Waals surface area contributed by atoms with Gasteiger partial charge in [-0.25, -0.2) is 14.0 Å². The fourth-order valence-electron chi connectivity index (χ4n) is 1.45. The number of alkyl carbamates (subject to hydrolysis) is 1. The normalized spacial score (nSPS) is 11.6. The van der Waals surface area contributed by atoms with E-state index in [-0.39, 0.29) is 18.0 Å². The maximum absolute atomic E-state index is 12.9. The Morgan fingerprint density at radius 2 is 1.92 bits per heavy atom. The molecule has 0 saturated heterocycles. The number of benzene rings is 1. The average molecular weight is 346 g/mol. The van der Waals surface area contributed by atoms with Gasteiger partial charge in [-0.1, -0.05) is 0 Å². The zero-order valence-electron chi connectivity index (χ0n) is 14.0. The zero-order valence-corrected chi connectivity index (χ0v) is 14.0. The molecular weight excluding hydrogens is 323 g/mol. The third-order valence-corrected chi connectivity index (χ3v) is 2.37. The molecule has 0 aliphatic rings. The number of aliphatic hydroxyl groups excluding tert-OH is 1. The van der Waals surface area contributed by atoms with Crippen molar-refractivity contribution in [3.63, 3.8) is 0 Å². The van der Waals surface area contributed by atoms with Gasteiger partial charge in [0.2, 0.25) is 0 Å². The summed E-state index contributed by atoms with van der Waals surface area (Å²) in [5.41, 5.74) is 4.82. The number of nitrogens with two attached hydrogens (primary N) is 1. The van der Waals surface area contributed by atoms with Crippen molar-refractivity contribution >= 4 is 17.7 Å². The molecule has 0 spiro atoms. The number of carbonyl (C=O) groups is 2. The molecule has 1 aromatic rings. The fraction of sp³-hybridized carbons (Fsp3) is 0.467. The lowest BCUT2D eigenvalue weighted by Gasteiger charge is -2.22. The molecule has 0 aliphatic carbocycles. The number of carboxylic acid groups (broad SMARTS) is 1. The van der Waals surface area contributed by atoms with E-state index in [1.807, 2.05) is 0 Å². The second kappa shape index (κ2) is 9.56. The van der Waals surface area contributed by atoms with Crippen LogP contribution in [0.3, 0.4) is 0 Å². The fourth-order valence-corrected chi connectivity index (χ4v) is 1.45. The number of nitrogens with one attached hydrogen (secondary N) is 1. The highest BCUT2D eigenvalue weighted by molar-refractivity contribution is 5.80. The van der Waals surface area contributed by atoms with Crippen molar-refractivity contribution in [2.24, 2.45) is 0 Å². The van der Waals surface area contributed by atoms with Crippen LogP contribution >= 0.6 is 0 Å². The Hall–Kier alpha value is -2.55. The van der Waals surface area contributed by atoms with Gasteiger partial charge in [-0.05, 0) is 32.9 Å². The second-order valence-electron chi connectivity index (χ2n) is 5.53. The lowest BCUT2D eigenvalue weighted by molar-refractivity contribution is -0.140. The molecule has 0 aromatic heterocycles. The molecular formula is C15H23FN2O6. The summed E-state index contributed by atoms with van der Waals surface area (Å²) in [7, 11) is 1.00. The number of amides is 1. The van der Waals surface area contributed by atoms with E-state index in [2.05, 4.69) is 5.32 Å². The Labute approximate surface area is 139 Å². The number of ether oxygens (including phenoxy) is 2. The van der Waals surface area contributed by atoms with E-state index in [1.54, 1.807) is 20.8 Å². The lowest BCUT2D eigenvalue weighted by Crippen LogP contribution is -2.46. The molecule has 0 fully saturated rings. The van der Waals surface area contributed by atoms with E-state index in [0.29, 0.717) is 0 Å². The molecule has 0 heterocycles. The minimum atomic E-state index is -1.33. The number of aliphatic hydroxyl groups is 1. The number of carbonyl (C=O) groups excluding carboxylic acids is 1. The van der Waals surface area contributed by atoms with Crippen LogP contribution in [0.2, 0.25) is 0 Å². The first-order valence-electron chi connectivity index (χ1n) is 6.93. The Kier molecular flexibility index (Phi) is 8.54. The summed E-state index contributed by atoms with van der Waals surface area (Å²) in [6.45, 7) is 4.57. The molecule has 136 valence electrons. The largest absolute Gasteiger partial charge is 0.489 e. The molecule has 0 aliphatic heterocycles. The van der Waals surface area contributed by atoms with Gasteiger partial charge in [0.05, 0.1) is 5.69 Å². The molecule has 0 bridgehead atoms. The quantitative estimate of drug-likeness (QED) is 0.592. The Morgan fingerprint density at radius 3 is 2.38 bits per heavy atom. The van der Waals surface area contributed by atoms with Crippen LogP contribution in [0, 0.1) is 5.82 Å². The summed E-state index contributed by atoms with van der Waals surface area (Å²) in [5, 5.41) is 18.2. The number of nitrogen functional groups attached to an aromatic ring is 1. The first-order valence-corrected chi connectivity index (χ1v) is 6.93. The number of hydrogen-bond acceptors (Lipinski definition) is 6. The predicted octanol–water partition coefficient (Wildman–Crippen LogP) is 1.37. The smallest absolute Gasteiger partial charge is 0.408 e. The van der Waals surface area contributed by atoms with Crippen molar-refractivity contribution in [2.45, 2.75) is 32.4 Å². The van der Waals surface area contributed by atoms with E-state index in [1.165, 1.54) is 6.07 Å². The second-order valence-corrected chi connectivity index (χ2v) is 5.53. The molecule has 1 aromatic carbocycles. The van der Waals surface area contributed by atoms with Crippen molar-refractivity contribution in [2.75, 3.05) is 19.5 Å². The van der Waals surface area contributed by atoms with Gasteiger partial charge in [0.1, 0.15) is 23.8 Å². The van der Waals surface area contributed by atoms with Crippen LogP contribution in [0.15, 0.2) is 18.2 Å². The predicted molar refractivity (Wildman–Crippen MR) is 85.2 cm³/mol. The zero-order chi connectivity index (χ0) is 18.9. The monoisotopic (exact) mass is 346 g/mol. The van der Waals surface area contributed by atoms with E-state index in [0.717, 1.165) is 19.2 Å². The number of anilines is 1. The molecule has 8 nitrogen and oxygen atoms in total. The van der Waals surface area contributed by atoms with Crippen LogP contribution in [-0.2, 0) is 9.53 Å². The lowest BCUT2D eigenvalue weighted by atomic mass is 10.2. The van der Waals surface area contributed by atoms with Gasteiger partial charge in [0.15, 0.2) is 6.04 Å². The minimum Gasteiger partial charge on any atom is -0.489 e. The summed E-state index contributed by atoms with van der Waals surface area (Å²) in [6.07, 6.45) is -0.879. The van der Waals surface area contributed by atoms with Crippen LogP contribution in [0.5, 0.6) is 5.75 Å². The Bertz CT molecular complexity index is 559.